The highest BCUT2D eigenvalue weighted by Crippen LogP contribution is 2.16. The standard InChI is InChI=1S/C15H21BN2O3/c1-3-4-10-18-15(16(19)20)14(12(2)17-18)21-11-13-8-6-5-7-9-13/h5-9,19-20H,3-4,10-11H2,1-2H3. The highest BCUT2D eigenvalue weighted by Gasteiger charge is 2.26. The van der Waals surface area contributed by atoms with E-state index in [1.54, 1.807) is 4.68 Å². The number of ether oxygens (including phenoxy) is 1. The zero-order valence-electron chi connectivity index (χ0n) is 12.5. The quantitative estimate of drug-likeness (QED) is 0.752. The van der Waals surface area contributed by atoms with Crippen molar-refractivity contribution in [3.63, 3.8) is 0 Å². The van der Waals surface area contributed by atoms with E-state index in [4.69, 9.17) is 4.74 Å². The molecule has 0 saturated carbocycles. The van der Waals surface area contributed by atoms with E-state index in [-0.39, 0.29) is 0 Å². The van der Waals surface area contributed by atoms with Gasteiger partial charge < -0.3 is 14.8 Å². The van der Waals surface area contributed by atoms with Crippen LogP contribution in [0.1, 0.15) is 31.0 Å². The summed E-state index contributed by atoms with van der Waals surface area (Å²) in [5.74, 6) is 0.463. The summed E-state index contributed by atoms with van der Waals surface area (Å²) in [6.07, 6.45) is 1.94. The van der Waals surface area contributed by atoms with Gasteiger partial charge in [-0.2, -0.15) is 5.10 Å². The van der Waals surface area contributed by atoms with Crippen LogP contribution in [0.3, 0.4) is 0 Å². The van der Waals surface area contributed by atoms with E-state index in [0.717, 1.165) is 18.4 Å². The molecular formula is C15H21BN2O3. The van der Waals surface area contributed by atoms with Crippen molar-refractivity contribution in [2.45, 2.75) is 39.8 Å². The fourth-order valence-electron chi connectivity index (χ4n) is 2.22. The molecular weight excluding hydrogens is 267 g/mol. The van der Waals surface area contributed by atoms with Crippen molar-refractivity contribution in [2.75, 3.05) is 0 Å². The van der Waals surface area contributed by atoms with Gasteiger partial charge in [0.15, 0.2) is 5.75 Å². The second-order valence-corrected chi connectivity index (χ2v) is 5.02. The summed E-state index contributed by atoms with van der Waals surface area (Å²) in [6, 6.07) is 9.76. The third kappa shape index (κ3) is 3.86. The maximum absolute atomic E-state index is 9.61. The molecule has 2 N–H and O–H groups in total. The van der Waals surface area contributed by atoms with Crippen LogP contribution in [-0.2, 0) is 13.2 Å². The minimum Gasteiger partial charge on any atom is -0.486 e. The lowest BCUT2D eigenvalue weighted by Gasteiger charge is -2.10. The SMILES string of the molecule is CCCCn1nc(C)c(OCc2ccccc2)c1B(O)O. The first-order valence-electron chi connectivity index (χ1n) is 7.23. The van der Waals surface area contributed by atoms with Gasteiger partial charge in [0.1, 0.15) is 17.9 Å². The molecule has 1 aromatic heterocycles. The first-order chi connectivity index (χ1) is 10.1. The van der Waals surface area contributed by atoms with Crippen LogP contribution >= 0.6 is 0 Å². The molecule has 0 atom stereocenters. The normalized spacial score (nSPS) is 10.7. The Morgan fingerprint density at radius 1 is 1.24 bits per heavy atom. The van der Waals surface area contributed by atoms with Crippen LogP contribution in [0.4, 0.5) is 0 Å². The van der Waals surface area contributed by atoms with Crippen LogP contribution in [0.25, 0.3) is 0 Å². The van der Waals surface area contributed by atoms with Gasteiger partial charge in [0.25, 0.3) is 0 Å². The fourth-order valence-corrected chi connectivity index (χ4v) is 2.22. The highest BCUT2D eigenvalue weighted by molar-refractivity contribution is 6.58. The number of hydrogen-bond acceptors (Lipinski definition) is 4. The molecule has 0 aliphatic carbocycles. The Balaban J connectivity index is 2.19. The van der Waals surface area contributed by atoms with Crippen LogP contribution in [-0.4, -0.2) is 26.9 Å². The average molecular weight is 288 g/mol. The number of aryl methyl sites for hydroxylation is 2. The van der Waals surface area contributed by atoms with Crippen molar-refractivity contribution in [3.05, 3.63) is 41.6 Å². The van der Waals surface area contributed by atoms with Gasteiger partial charge in [0, 0.05) is 6.54 Å². The van der Waals surface area contributed by atoms with E-state index in [2.05, 4.69) is 12.0 Å². The van der Waals surface area contributed by atoms with Crippen LogP contribution in [0.5, 0.6) is 5.75 Å². The second kappa shape index (κ2) is 7.29. The topological polar surface area (TPSA) is 67.5 Å². The van der Waals surface area contributed by atoms with Crippen molar-refractivity contribution in [1.29, 1.82) is 0 Å². The predicted molar refractivity (Wildman–Crippen MR) is 82.5 cm³/mol. The molecule has 0 unspecified atom stereocenters. The summed E-state index contributed by atoms with van der Waals surface area (Å²) in [5, 5.41) is 23.6. The van der Waals surface area contributed by atoms with Crippen LogP contribution in [0, 0.1) is 6.92 Å². The van der Waals surface area contributed by atoms with Crippen molar-refractivity contribution in [3.8, 4) is 5.75 Å². The summed E-state index contributed by atoms with van der Waals surface area (Å²) in [4.78, 5) is 0. The van der Waals surface area contributed by atoms with Gasteiger partial charge in [-0.05, 0) is 18.9 Å². The van der Waals surface area contributed by atoms with E-state index < -0.39 is 7.12 Å². The third-order valence-electron chi connectivity index (χ3n) is 3.30. The maximum atomic E-state index is 9.61. The van der Waals surface area contributed by atoms with Crippen LogP contribution < -0.4 is 10.3 Å². The monoisotopic (exact) mass is 288 g/mol. The number of benzene rings is 1. The molecule has 0 saturated heterocycles. The molecule has 0 amide bonds. The molecule has 21 heavy (non-hydrogen) atoms. The molecule has 1 heterocycles. The molecule has 0 aliphatic heterocycles. The lowest BCUT2D eigenvalue weighted by Crippen LogP contribution is -2.38. The zero-order chi connectivity index (χ0) is 15.2. The fraction of sp³-hybridized carbons (Fsp3) is 0.400. The third-order valence-corrected chi connectivity index (χ3v) is 3.30. The summed E-state index contributed by atoms with van der Waals surface area (Å²) >= 11 is 0. The number of hydrogen-bond donors (Lipinski definition) is 2. The highest BCUT2D eigenvalue weighted by atomic mass is 16.5. The van der Waals surface area contributed by atoms with Gasteiger partial charge in [-0.1, -0.05) is 43.7 Å². The van der Waals surface area contributed by atoms with Gasteiger partial charge in [-0.15, -0.1) is 0 Å². The van der Waals surface area contributed by atoms with Gasteiger partial charge in [0.05, 0.1) is 0 Å². The molecule has 2 rings (SSSR count). The number of aromatic nitrogens is 2. The largest absolute Gasteiger partial charge is 0.511 e. The van der Waals surface area contributed by atoms with Crippen molar-refractivity contribution in [1.82, 2.24) is 9.78 Å². The zero-order valence-corrected chi connectivity index (χ0v) is 12.5. The summed E-state index contributed by atoms with van der Waals surface area (Å²) < 4.78 is 7.40. The Morgan fingerprint density at radius 2 is 1.95 bits per heavy atom. The lowest BCUT2D eigenvalue weighted by atomic mass is 9.85. The Bertz CT molecular complexity index is 570. The van der Waals surface area contributed by atoms with Gasteiger partial charge in [-0.25, -0.2) is 0 Å². The van der Waals surface area contributed by atoms with Crippen LogP contribution in [0.2, 0.25) is 0 Å². The van der Waals surface area contributed by atoms with Gasteiger partial charge >= 0.3 is 7.12 Å². The molecule has 6 heteroatoms. The minimum absolute atomic E-state index is 0.330. The summed E-state index contributed by atoms with van der Waals surface area (Å²) in [6.45, 7) is 4.92. The Morgan fingerprint density at radius 3 is 2.57 bits per heavy atom. The summed E-state index contributed by atoms with van der Waals surface area (Å²) in [5.41, 5.74) is 2.03. The predicted octanol–water partition coefficient (Wildman–Crippen LogP) is 1.25. The first kappa shape index (κ1) is 15.6. The van der Waals surface area contributed by atoms with E-state index >= 15 is 0 Å². The molecule has 5 nitrogen and oxygen atoms in total. The van der Waals surface area contributed by atoms with Crippen molar-refractivity contribution >= 4 is 12.7 Å². The van der Waals surface area contributed by atoms with Crippen molar-refractivity contribution in [2.24, 2.45) is 0 Å². The minimum atomic E-state index is -1.59. The molecule has 112 valence electrons. The molecule has 2 aromatic rings. The Hall–Kier alpha value is -1.79. The maximum Gasteiger partial charge on any atom is 0.511 e. The Kier molecular flexibility index (Phi) is 5.41. The number of unbranched alkanes of at least 4 members (excludes halogenated alkanes) is 1. The van der Waals surface area contributed by atoms with Crippen LogP contribution in [0.15, 0.2) is 30.3 Å². The average Bonchev–Trinajstić information content (AvgIpc) is 2.80. The second-order valence-electron chi connectivity index (χ2n) is 5.02. The molecule has 1 aromatic carbocycles. The molecule has 0 bridgehead atoms. The Labute approximate surface area is 125 Å². The van der Waals surface area contributed by atoms with E-state index in [1.807, 2.05) is 37.3 Å². The van der Waals surface area contributed by atoms with Crippen molar-refractivity contribution < 1.29 is 14.8 Å². The molecule has 0 fully saturated rings. The first-order valence-corrected chi connectivity index (χ1v) is 7.23. The van der Waals surface area contributed by atoms with E-state index in [0.29, 0.717) is 30.2 Å². The lowest BCUT2D eigenvalue weighted by molar-refractivity contribution is 0.304. The smallest absolute Gasteiger partial charge is 0.486 e. The number of rotatable bonds is 7. The van der Waals surface area contributed by atoms with E-state index in [1.165, 1.54) is 0 Å². The molecule has 0 radical (unpaired) electrons. The van der Waals surface area contributed by atoms with Gasteiger partial charge in [0.2, 0.25) is 0 Å². The van der Waals surface area contributed by atoms with E-state index in [9.17, 15) is 10.0 Å². The molecule has 0 spiro atoms. The summed E-state index contributed by atoms with van der Waals surface area (Å²) in [7, 11) is -1.59. The molecule has 0 aliphatic rings. The number of nitrogens with zero attached hydrogens (tertiary/aromatic N) is 2. The van der Waals surface area contributed by atoms with Gasteiger partial charge in [-0.3, -0.25) is 4.68 Å².